The number of H-pyrrole nitrogens is 1. The van der Waals surface area contributed by atoms with E-state index in [4.69, 9.17) is 5.73 Å². The maximum Gasteiger partial charge on any atom is 0.449 e. The van der Waals surface area contributed by atoms with E-state index in [1.165, 1.54) is 12.3 Å². The van der Waals surface area contributed by atoms with Gasteiger partial charge in [-0.05, 0) is 6.07 Å². The van der Waals surface area contributed by atoms with E-state index in [-0.39, 0.29) is 16.9 Å². The first-order chi connectivity index (χ1) is 6.47. The van der Waals surface area contributed by atoms with Crippen molar-refractivity contribution in [1.29, 1.82) is 0 Å². The fraction of sp³-hybridized carbons (Fsp3) is 0.143. The molecule has 0 saturated heterocycles. The summed E-state index contributed by atoms with van der Waals surface area (Å²) >= 11 is 0. The summed E-state index contributed by atoms with van der Waals surface area (Å²) in [5.74, 6) is -1.06. The topological polar surface area (TPSA) is 67.6 Å². The number of anilines is 1. The molecule has 0 unspecified atom stereocenters. The minimum atomic E-state index is -4.49. The van der Waals surface area contributed by atoms with Gasteiger partial charge in [0.1, 0.15) is 0 Å². The van der Waals surface area contributed by atoms with E-state index in [2.05, 4.69) is 15.0 Å². The standard InChI is InChI=1S/C7H5F3N4/c8-7(9,10)6-13-4-1-3(11)2-12-5(4)14-6/h1-2H,11H2,(H,12,13,14). The molecule has 0 radical (unpaired) electrons. The SMILES string of the molecule is Nc1cnc2nc(C(F)(F)F)[nH]c2c1. The van der Waals surface area contributed by atoms with Gasteiger partial charge in [0.15, 0.2) is 5.65 Å². The molecule has 0 spiro atoms. The molecular weight excluding hydrogens is 197 g/mol. The predicted molar refractivity (Wildman–Crippen MR) is 43.3 cm³/mol. The van der Waals surface area contributed by atoms with E-state index < -0.39 is 12.0 Å². The Morgan fingerprint density at radius 2 is 2.07 bits per heavy atom. The summed E-state index contributed by atoms with van der Waals surface area (Å²) in [5.41, 5.74) is 5.82. The molecule has 7 heteroatoms. The molecule has 2 heterocycles. The van der Waals surface area contributed by atoms with Crippen LogP contribution in [0.2, 0.25) is 0 Å². The Balaban J connectivity index is 2.63. The predicted octanol–water partition coefficient (Wildman–Crippen LogP) is 1.56. The number of nitrogen functional groups attached to an aromatic ring is 1. The van der Waals surface area contributed by atoms with Gasteiger partial charge in [-0.25, -0.2) is 9.97 Å². The molecule has 0 bridgehead atoms. The number of aromatic nitrogens is 3. The van der Waals surface area contributed by atoms with E-state index in [0.29, 0.717) is 0 Å². The van der Waals surface area contributed by atoms with Crippen molar-refractivity contribution >= 4 is 16.9 Å². The van der Waals surface area contributed by atoms with E-state index in [9.17, 15) is 13.2 Å². The Kier molecular flexibility index (Phi) is 1.63. The van der Waals surface area contributed by atoms with Crippen LogP contribution in [-0.2, 0) is 6.18 Å². The zero-order chi connectivity index (χ0) is 10.3. The normalized spacial score (nSPS) is 12.2. The molecule has 74 valence electrons. The number of nitrogens with one attached hydrogen (secondary N) is 1. The van der Waals surface area contributed by atoms with Gasteiger partial charge in [0.05, 0.1) is 17.4 Å². The molecule has 0 aliphatic rings. The van der Waals surface area contributed by atoms with E-state index in [1.54, 1.807) is 0 Å². The molecule has 2 aromatic rings. The van der Waals surface area contributed by atoms with Gasteiger partial charge in [-0.1, -0.05) is 0 Å². The van der Waals surface area contributed by atoms with Crippen LogP contribution in [-0.4, -0.2) is 15.0 Å². The number of halogens is 3. The minimum Gasteiger partial charge on any atom is -0.397 e. The molecule has 2 aromatic heterocycles. The van der Waals surface area contributed by atoms with Crippen LogP contribution in [0.15, 0.2) is 12.3 Å². The number of nitrogens with two attached hydrogens (primary N) is 1. The lowest BCUT2D eigenvalue weighted by Gasteiger charge is -1.98. The van der Waals surface area contributed by atoms with Crippen LogP contribution in [0.25, 0.3) is 11.2 Å². The first-order valence-corrected chi connectivity index (χ1v) is 3.65. The Morgan fingerprint density at radius 1 is 1.36 bits per heavy atom. The zero-order valence-electron chi connectivity index (χ0n) is 6.76. The highest BCUT2D eigenvalue weighted by Gasteiger charge is 2.34. The molecule has 0 amide bonds. The molecule has 2 rings (SSSR count). The summed E-state index contributed by atoms with van der Waals surface area (Å²) in [6.07, 6.45) is -3.24. The first kappa shape index (κ1) is 8.79. The van der Waals surface area contributed by atoms with Crippen LogP contribution >= 0.6 is 0 Å². The molecule has 0 saturated carbocycles. The summed E-state index contributed by atoms with van der Waals surface area (Å²) < 4.78 is 36.5. The third kappa shape index (κ3) is 1.36. The van der Waals surface area contributed by atoms with Gasteiger partial charge in [-0.2, -0.15) is 13.2 Å². The van der Waals surface area contributed by atoms with Crippen LogP contribution in [0.3, 0.4) is 0 Å². The van der Waals surface area contributed by atoms with Crippen LogP contribution in [0.5, 0.6) is 0 Å². The maximum absolute atomic E-state index is 12.2. The molecule has 0 aromatic carbocycles. The Hall–Kier alpha value is -1.79. The van der Waals surface area contributed by atoms with Crippen molar-refractivity contribution in [3.8, 4) is 0 Å². The van der Waals surface area contributed by atoms with Crippen molar-refractivity contribution in [3.63, 3.8) is 0 Å². The number of aromatic amines is 1. The van der Waals surface area contributed by atoms with Gasteiger partial charge in [-0.3, -0.25) is 0 Å². The summed E-state index contributed by atoms with van der Waals surface area (Å²) in [6, 6.07) is 1.35. The number of pyridine rings is 1. The van der Waals surface area contributed by atoms with Gasteiger partial charge in [-0.15, -0.1) is 0 Å². The Morgan fingerprint density at radius 3 is 2.71 bits per heavy atom. The van der Waals surface area contributed by atoms with Crippen LogP contribution in [0, 0.1) is 0 Å². The third-order valence-corrected chi connectivity index (χ3v) is 1.63. The van der Waals surface area contributed by atoms with Gasteiger partial charge in [0, 0.05) is 0 Å². The lowest BCUT2D eigenvalue weighted by molar-refractivity contribution is -0.144. The lowest BCUT2D eigenvalue weighted by atomic mass is 10.4. The number of alkyl halides is 3. The molecular formula is C7H5F3N4. The smallest absolute Gasteiger partial charge is 0.397 e. The number of nitrogens with zero attached hydrogens (tertiary/aromatic N) is 2. The highest BCUT2D eigenvalue weighted by molar-refractivity contribution is 5.74. The van der Waals surface area contributed by atoms with Crippen molar-refractivity contribution in [2.75, 3.05) is 5.73 Å². The van der Waals surface area contributed by atoms with Gasteiger partial charge in [0.25, 0.3) is 0 Å². The number of rotatable bonds is 0. The number of fused-ring (bicyclic) bond motifs is 1. The van der Waals surface area contributed by atoms with Crippen LogP contribution in [0.4, 0.5) is 18.9 Å². The summed E-state index contributed by atoms with van der Waals surface area (Å²) in [6.45, 7) is 0. The largest absolute Gasteiger partial charge is 0.449 e. The fourth-order valence-electron chi connectivity index (χ4n) is 1.05. The zero-order valence-corrected chi connectivity index (χ0v) is 6.76. The summed E-state index contributed by atoms with van der Waals surface area (Å²) in [7, 11) is 0. The average Bonchev–Trinajstić information content (AvgIpc) is 2.45. The van der Waals surface area contributed by atoms with Crippen molar-refractivity contribution in [2.24, 2.45) is 0 Å². The molecule has 0 atom stereocenters. The molecule has 3 N–H and O–H groups in total. The van der Waals surface area contributed by atoms with Crippen molar-refractivity contribution < 1.29 is 13.2 Å². The van der Waals surface area contributed by atoms with Gasteiger partial charge in [0.2, 0.25) is 5.82 Å². The van der Waals surface area contributed by atoms with Gasteiger partial charge < -0.3 is 10.7 Å². The number of hydrogen-bond donors (Lipinski definition) is 2. The highest BCUT2D eigenvalue weighted by atomic mass is 19.4. The average molecular weight is 202 g/mol. The Labute approximate surface area is 76.0 Å². The van der Waals surface area contributed by atoms with Gasteiger partial charge >= 0.3 is 6.18 Å². The van der Waals surface area contributed by atoms with E-state index in [1.807, 2.05) is 0 Å². The minimum absolute atomic E-state index is 0.00604. The highest BCUT2D eigenvalue weighted by Crippen LogP contribution is 2.28. The van der Waals surface area contributed by atoms with Crippen molar-refractivity contribution in [2.45, 2.75) is 6.18 Å². The maximum atomic E-state index is 12.2. The molecule has 0 fully saturated rings. The molecule has 4 nitrogen and oxygen atoms in total. The third-order valence-electron chi connectivity index (χ3n) is 1.63. The van der Waals surface area contributed by atoms with Crippen LogP contribution in [0.1, 0.15) is 5.82 Å². The summed E-state index contributed by atoms with van der Waals surface area (Å²) in [5, 5.41) is 0. The summed E-state index contributed by atoms with van der Waals surface area (Å²) in [4.78, 5) is 9.02. The molecule has 14 heavy (non-hydrogen) atoms. The molecule has 0 aliphatic carbocycles. The quantitative estimate of drug-likeness (QED) is 0.681. The fourth-order valence-corrected chi connectivity index (χ4v) is 1.05. The lowest BCUT2D eigenvalue weighted by Crippen LogP contribution is -2.06. The Bertz CT molecular complexity index is 473. The second kappa shape index (κ2) is 2.60. The van der Waals surface area contributed by atoms with E-state index in [0.717, 1.165) is 0 Å². The van der Waals surface area contributed by atoms with Crippen molar-refractivity contribution in [1.82, 2.24) is 15.0 Å². The number of hydrogen-bond acceptors (Lipinski definition) is 3. The monoisotopic (exact) mass is 202 g/mol. The van der Waals surface area contributed by atoms with E-state index >= 15 is 0 Å². The number of imidazole rings is 1. The first-order valence-electron chi connectivity index (χ1n) is 3.65. The van der Waals surface area contributed by atoms with Crippen molar-refractivity contribution in [3.05, 3.63) is 18.1 Å². The molecule has 0 aliphatic heterocycles. The van der Waals surface area contributed by atoms with Crippen LogP contribution < -0.4 is 5.73 Å². The second-order valence-electron chi connectivity index (χ2n) is 2.72. The second-order valence-corrected chi connectivity index (χ2v) is 2.72.